The van der Waals surface area contributed by atoms with E-state index in [0.717, 1.165) is 0 Å². The number of imide groups is 1. The first kappa shape index (κ1) is 20.0. The lowest BCUT2D eigenvalue weighted by molar-refractivity contribution is -0.121. The highest BCUT2D eigenvalue weighted by atomic mass is 19.1. The molecule has 2 aromatic carbocycles. The van der Waals surface area contributed by atoms with Crippen LogP contribution in [0.5, 0.6) is 17.2 Å². The number of benzene rings is 2. The number of ether oxygens (including phenoxy) is 3. The number of anilines is 1. The zero-order valence-electron chi connectivity index (χ0n) is 15.1. The summed E-state index contributed by atoms with van der Waals surface area (Å²) in [5, 5.41) is 4.68. The van der Waals surface area contributed by atoms with Crippen LogP contribution in [0.25, 0.3) is 0 Å². The minimum Gasteiger partial charge on any atom is -0.490 e. The van der Waals surface area contributed by atoms with E-state index in [-0.39, 0.29) is 6.61 Å². The summed E-state index contributed by atoms with van der Waals surface area (Å²) in [7, 11) is 0. The van der Waals surface area contributed by atoms with Gasteiger partial charge in [-0.2, -0.15) is 0 Å². The number of halogens is 1. The van der Waals surface area contributed by atoms with Crippen LogP contribution >= 0.6 is 0 Å². The molecule has 2 N–H and O–H groups in total. The van der Waals surface area contributed by atoms with Gasteiger partial charge in [-0.3, -0.25) is 10.1 Å². The molecule has 0 aliphatic rings. The highest BCUT2D eigenvalue weighted by Crippen LogP contribution is 2.30. The van der Waals surface area contributed by atoms with Gasteiger partial charge in [0.05, 0.1) is 13.2 Å². The fourth-order valence-corrected chi connectivity index (χ4v) is 2.13. The lowest BCUT2D eigenvalue weighted by Gasteiger charge is -2.13. The molecule has 2 rings (SSSR count). The minimum absolute atomic E-state index is 0.319. The highest BCUT2D eigenvalue weighted by Gasteiger charge is 2.11. The fraction of sp³-hybridized carbons (Fsp3) is 0.263. The van der Waals surface area contributed by atoms with E-state index < -0.39 is 17.8 Å². The molecule has 0 fully saturated rings. The van der Waals surface area contributed by atoms with Crippen LogP contribution in [0, 0.1) is 5.82 Å². The first-order chi connectivity index (χ1) is 13.0. The Morgan fingerprint density at radius 1 is 0.926 bits per heavy atom. The Bertz CT molecular complexity index is 780. The zero-order valence-corrected chi connectivity index (χ0v) is 15.1. The van der Waals surface area contributed by atoms with Crippen LogP contribution in [0.3, 0.4) is 0 Å². The molecule has 144 valence electrons. The third-order valence-electron chi connectivity index (χ3n) is 3.24. The fourth-order valence-electron chi connectivity index (χ4n) is 2.13. The van der Waals surface area contributed by atoms with E-state index in [0.29, 0.717) is 36.1 Å². The number of carbonyl (C=O) groups is 2. The molecule has 0 unspecified atom stereocenters. The summed E-state index contributed by atoms with van der Waals surface area (Å²) in [6.07, 6.45) is 0. The van der Waals surface area contributed by atoms with Crippen LogP contribution in [0.2, 0.25) is 0 Å². The molecule has 2 aromatic rings. The molecule has 3 amide bonds. The molecule has 0 radical (unpaired) electrons. The van der Waals surface area contributed by atoms with Crippen LogP contribution in [-0.2, 0) is 4.79 Å². The molecule has 0 aliphatic heterocycles. The number of urea groups is 1. The summed E-state index contributed by atoms with van der Waals surface area (Å²) in [6.45, 7) is 4.23. The molecule has 0 aliphatic carbocycles. The third-order valence-corrected chi connectivity index (χ3v) is 3.24. The van der Waals surface area contributed by atoms with Crippen molar-refractivity contribution in [1.29, 1.82) is 0 Å². The molecule has 0 heterocycles. The normalized spacial score (nSPS) is 10.0. The van der Waals surface area contributed by atoms with Crippen molar-refractivity contribution in [3.63, 3.8) is 0 Å². The molecule has 0 atom stereocenters. The van der Waals surface area contributed by atoms with Crippen molar-refractivity contribution in [2.45, 2.75) is 13.8 Å². The van der Waals surface area contributed by atoms with E-state index in [1.807, 2.05) is 13.8 Å². The van der Waals surface area contributed by atoms with Crippen LogP contribution in [0.15, 0.2) is 42.5 Å². The quantitative estimate of drug-likeness (QED) is 0.738. The Morgan fingerprint density at radius 2 is 1.59 bits per heavy atom. The van der Waals surface area contributed by atoms with Crippen LogP contribution in [0.4, 0.5) is 14.9 Å². The van der Waals surface area contributed by atoms with Gasteiger partial charge < -0.3 is 19.5 Å². The molecule has 7 nitrogen and oxygen atoms in total. The first-order valence-electron chi connectivity index (χ1n) is 8.40. The van der Waals surface area contributed by atoms with Gasteiger partial charge in [0, 0.05) is 11.8 Å². The molecular weight excluding hydrogens is 355 g/mol. The smallest absolute Gasteiger partial charge is 0.325 e. The summed E-state index contributed by atoms with van der Waals surface area (Å²) < 4.78 is 28.9. The van der Waals surface area contributed by atoms with Crippen molar-refractivity contribution in [2.75, 3.05) is 25.1 Å². The Labute approximate surface area is 156 Å². The van der Waals surface area contributed by atoms with Crippen molar-refractivity contribution in [2.24, 2.45) is 0 Å². The Kier molecular flexibility index (Phi) is 7.42. The Balaban J connectivity index is 1.87. The molecule has 27 heavy (non-hydrogen) atoms. The second-order valence-corrected chi connectivity index (χ2v) is 5.27. The standard InChI is InChI=1S/C19H21FN2O5/c1-3-25-16-10-7-14(11-17(16)26-4-2)21-19(24)22-18(23)12-27-15-8-5-13(20)6-9-15/h5-11H,3-4,12H2,1-2H3,(H2,21,22,23,24). The van der Waals surface area contributed by atoms with Crippen molar-refractivity contribution >= 4 is 17.6 Å². The van der Waals surface area contributed by atoms with Gasteiger partial charge in [0.2, 0.25) is 0 Å². The largest absolute Gasteiger partial charge is 0.490 e. The predicted molar refractivity (Wildman–Crippen MR) is 97.8 cm³/mol. The summed E-state index contributed by atoms with van der Waals surface area (Å²) >= 11 is 0. The molecule has 0 aromatic heterocycles. The van der Waals surface area contributed by atoms with Gasteiger partial charge in [-0.15, -0.1) is 0 Å². The van der Waals surface area contributed by atoms with E-state index in [1.54, 1.807) is 18.2 Å². The van der Waals surface area contributed by atoms with Crippen molar-refractivity contribution in [1.82, 2.24) is 5.32 Å². The molecular formula is C19H21FN2O5. The first-order valence-corrected chi connectivity index (χ1v) is 8.40. The summed E-state index contributed by atoms with van der Waals surface area (Å²) in [6, 6.07) is 9.39. The SMILES string of the molecule is CCOc1ccc(NC(=O)NC(=O)COc2ccc(F)cc2)cc1OCC. The summed E-state index contributed by atoms with van der Waals surface area (Å²) in [4.78, 5) is 23.7. The monoisotopic (exact) mass is 376 g/mol. The number of hydrogen-bond donors (Lipinski definition) is 2. The minimum atomic E-state index is -0.714. The summed E-state index contributed by atoms with van der Waals surface area (Å²) in [5.74, 6) is 0.317. The number of hydrogen-bond acceptors (Lipinski definition) is 5. The second kappa shape index (κ2) is 10.0. The Hall–Kier alpha value is -3.29. The third kappa shape index (κ3) is 6.50. The second-order valence-electron chi connectivity index (χ2n) is 5.27. The van der Waals surface area contributed by atoms with Crippen molar-refractivity contribution in [3.8, 4) is 17.2 Å². The number of amides is 3. The molecule has 0 bridgehead atoms. The van der Waals surface area contributed by atoms with Gasteiger partial charge in [0.1, 0.15) is 11.6 Å². The summed E-state index contributed by atoms with van der Waals surface area (Å²) in [5.41, 5.74) is 0.437. The zero-order chi connectivity index (χ0) is 19.6. The highest BCUT2D eigenvalue weighted by molar-refractivity contribution is 6.01. The van der Waals surface area contributed by atoms with Gasteiger partial charge in [-0.25, -0.2) is 9.18 Å². The maximum Gasteiger partial charge on any atom is 0.325 e. The topological polar surface area (TPSA) is 85.9 Å². The van der Waals surface area contributed by atoms with E-state index in [2.05, 4.69) is 10.6 Å². The lowest BCUT2D eigenvalue weighted by Crippen LogP contribution is -2.37. The number of nitrogens with one attached hydrogen (secondary N) is 2. The van der Waals surface area contributed by atoms with Gasteiger partial charge >= 0.3 is 6.03 Å². The van der Waals surface area contributed by atoms with Gasteiger partial charge in [-0.1, -0.05) is 0 Å². The van der Waals surface area contributed by atoms with Gasteiger partial charge in [0.15, 0.2) is 18.1 Å². The molecule has 0 spiro atoms. The molecule has 0 saturated heterocycles. The molecule has 0 saturated carbocycles. The van der Waals surface area contributed by atoms with E-state index >= 15 is 0 Å². The predicted octanol–water partition coefficient (Wildman–Crippen LogP) is 3.35. The van der Waals surface area contributed by atoms with Crippen molar-refractivity contribution in [3.05, 3.63) is 48.3 Å². The Morgan fingerprint density at radius 3 is 2.26 bits per heavy atom. The van der Waals surface area contributed by atoms with Crippen LogP contribution < -0.4 is 24.8 Å². The lowest BCUT2D eigenvalue weighted by atomic mass is 10.2. The average molecular weight is 376 g/mol. The maximum atomic E-state index is 12.8. The van der Waals surface area contributed by atoms with E-state index in [9.17, 15) is 14.0 Å². The molecule has 8 heteroatoms. The number of carbonyl (C=O) groups excluding carboxylic acids is 2. The average Bonchev–Trinajstić information content (AvgIpc) is 2.63. The number of rotatable bonds is 8. The maximum absolute atomic E-state index is 12.8. The van der Waals surface area contributed by atoms with E-state index in [4.69, 9.17) is 14.2 Å². The van der Waals surface area contributed by atoms with Crippen LogP contribution in [-0.4, -0.2) is 31.8 Å². The van der Waals surface area contributed by atoms with E-state index in [1.165, 1.54) is 24.3 Å². The van der Waals surface area contributed by atoms with Crippen molar-refractivity contribution < 1.29 is 28.2 Å². The van der Waals surface area contributed by atoms with Gasteiger partial charge in [-0.05, 0) is 50.2 Å². The van der Waals surface area contributed by atoms with Crippen LogP contribution in [0.1, 0.15) is 13.8 Å². The van der Waals surface area contributed by atoms with Gasteiger partial charge in [0.25, 0.3) is 5.91 Å².